The summed E-state index contributed by atoms with van der Waals surface area (Å²) in [7, 11) is 6.33. The van der Waals surface area contributed by atoms with Gasteiger partial charge in [0.1, 0.15) is 18.3 Å². The van der Waals surface area contributed by atoms with Gasteiger partial charge in [-0.2, -0.15) is 0 Å². The maximum Gasteiger partial charge on any atom is 0.104 e. The highest BCUT2D eigenvalue weighted by Crippen LogP contribution is 2.01. The smallest absolute Gasteiger partial charge is 0.104 e. The Hall–Kier alpha value is -0.280. The van der Waals surface area contributed by atoms with Gasteiger partial charge in [-0.25, -0.2) is 0 Å². The first-order valence-corrected chi connectivity index (χ1v) is 6.54. The Morgan fingerprint density at radius 2 is 1.00 bits per heavy atom. The summed E-state index contributed by atoms with van der Waals surface area (Å²) >= 11 is 0. The van der Waals surface area contributed by atoms with E-state index in [1.54, 1.807) is 21.3 Å². The largest absolute Gasteiger partial charge is 0.388 e. The zero-order valence-corrected chi connectivity index (χ0v) is 12.9. The average molecular weight is 296 g/mol. The van der Waals surface area contributed by atoms with Gasteiger partial charge in [0.05, 0.1) is 39.6 Å². The molecule has 0 radical (unpaired) electrons. The fourth-order valence-electron chi connectivity index (χ4n) is 1.58. The molecule has 0 spiro atoms. The van der Waals surface area contributed by atoms with E-state index in [0.717, 1.165) is 0 Å². The van der Waals surface area contributed by atoms with Crippen LogP contribution in [0.15, 0.2) is 0 Å². The van der Waals surface area contributed by atoms with Crippen molar-refractivity contribution in [3.63, 3.8) is 0 Å². The van der Waals surface area contributed by atoms with Crippen molar-refractivity contribution in [3.05, 3.63) is 0 Å². The standard InChI is InChI=1S/C13H28O7/c1-15-5-11(14)6-19-13(9-18-4)10-20-12(7-16-2)8-17-3/h11-14H,5-10H2,1-4H3. The van der Waals surface area contributed by atoms with Gasteiger partial charge in [-0.15, -0.1) is 0 Å². The molecule has 2 atom stereocenters. The molecule has 122 valence electrons. The lowest BCUT2D eigenvalue weighted by Crippen LogP contribution is -2.34. The van der Waals surface area contributed by atoms with Crippen LogP contribution in [0, 0.1) is 0 Å². The number of aliphatic hydroxyl groups is 1. The first kappa shape index (κ1) is 19.7. The summed E-state index contributed by atoms with van der Waals surface area (Å²) in [6.07, 6.45) is -1.08. The van der Waals surface area contributed by atoms with Crippen LogP contribution in [0.4, 0.5) is 0 Å². The molecular formula is C13H28O7. The average Bonchev–Trinajstić information content (AvgIpc) is 2.42. The van der Waals surface area contributed by atoms with Crippen molar-refractivity contribution < 1.29 is 33.5 Å². The van der Waals surface area contributed by atoms with Crippen LogP contribution in [-0.2, 0) is 28.4 Å². The lowest BCUT2D eigenvalue weighted by Gasteiger charge is -2.22. The van der Waals surface area contributed by atoms with E-state index in [0.29, 0.717) is 26.4 Å². The van der Waals surface area contributed by atoms with Crippen LogP contribution in [0.2, 0.25) is 0 Å². The van der Waals surface area contributed by atoms with Gasteiger partial charge in [0, 0.05) is 28.4 Å². The summed E-state index contributed by atoms with van der Waals surface area (Å²) in [4.78, 5) is 0. The van der Waals surface area contributed by atoms with Crippen molar-refractivity contribution >= 4 is 0 Å². The SMILES string of the molecule is COCC(O)COC(COC)COC(COC)COC. The molecule has 0 rings (SSSR count). The lowest BCUT2D eigenvalue weighted by molar-refractivity contribution is -0.113. The molecule has 0 saturated heterocycles. The molecule has 0 aromatic heterocycles. The molecule has 0 heterocycles. The minimum absolute atomic E-state index is 0.156. The molecule has 2 unspecified atom stereocenters. The molecule has 0 amide bonds. The molecular weight excluding hydrogens is 268 g/mol. The van der Waals surface area contributed by atoms with Gasteiger partial charge in [0.2, 0.25) is 0 Å². The topological polar surface area (TPSA) is 75.6 Å². The minimum atomic E-state index is -0.659. The number of ether oxygens (including phenoxy) is 6. The second-order valence-electron chi connectivity index (χ2n) is 4.39. The first-order valence-electron chi connectivity index (χ1n) is 6.54. The number of rotatable bonds is 14. The monoisotopic (exact) mass is 296 g/mol. The highest BCUT2D eigenvalue weighted by atomic mass is 16.6. The van der Waals surface area contributed by atoms with E-state index in [9.17, 15) is 5.11 Å². The van der Waals surface area contributed by atoms with Crippen LogP contribution in [0.1, 0.15) is 0 Å². The molecule has 7 nitrogen and oxygen atoms in total. The molecule has 20 heavy (non-hydrogen) atoms. The third-order valence-electron chi connectivity index (χ3n) is 2.46. The number of hydrogen-bond acceptors (Lipinski definition) is 7. The van der Waals surface area contributed by atoms with Gasteiger partial charge in [0.25, 0.3) is 0 Å². The molecule has 0 saturated carbocycles. The van der Waals surface area contributed by atoms with E-state index >= 15 is 0 Å². The highest BCUT2D eigenvalue weighted by molar-refractivity contribution is 4.62. The first-order chi connectivity index (χ1) is 9.67. The van der Waals surface area contributed by atoms with Crippen molar-refractivity contribution in [1.82, 2.24) is 0 Å². The lowest BCUT2D eigenvalue weighted by atomic mass is 10.3. The van der Waals surface area contributed by atoms with E-state index in [2.05, 4.69) is 0 Å². The van der Waals surface area contributed by atoms with Gasteiger partial charge in [0.15, 0.2) is 0 Å². The van der Waals surface area contributed by atoms with Gasteiger partial charge >= 0.3 is 0 Å². The Balaban J connectivity index is 4.03. The maximum atomic E-state index is 9.54. The Morgan fingerprint density at radius 1 is 0.600 bits per heavy atom. The molecule has 0 aliphatic rings. The van der Waals surface area contributed by atoms with Gasteiger partial charge in [-0.1, -0.05) is 0 Å². The van der Waals surface area contributed by atoms with Crippen LogP contribution >= 0.6 is 0 Å². The Labute approximate surface area is 121 Å². The van der Waals surface area contributed by atoms with Crippen LogP contribution in [0.3, 0.4) is 0 Å². The fourth-order valence-corrected chi connectivity index (χ4v) is 1.58. The molecule has 0 aliphatic carbocycles. The summed E-state index contributed by atoms with van der Waals surface area (Å²) in [5, 5.41) is 9.54. The summed E-state index contributed by atoms with van der Waals surface area (Å²) in [5.74, 6) is 0. The molecule has 0 bridgehead atoms. The van der Waals surface area contributed by atoms with E-state index < -0.39 is 6.10 Å². The van der Waals surface area contributed by atoms with E-state index in [1.165, 1.54) is 7.11 Å². The Bertz CT molecular complexity index is 197. The zero-order chi connectivity index (χ0) is 15.2. The van der Waals surface area contributed by atoms with Crippen LogP contribution in [0.25, 0.3) is 0 Å². The normalized spacial score (nSPS) is 14.7. The predicted molar refractivity (Wildman–Crippen MR) is 73.0 cm³/mol. The quantitative estimate of drug-likeness (QED) is 0.472. The van der Waals surface area contributed by atoms with Gasteiger partial charge in [-0.05, 0) is 0 Å². The predicted octanol–water partition coefficient (Wildman–Crippen LogP) is -0.297. The van der Waals surface area contributed by atoms with Crippen molar-refractivity contribution in [3.8, 4) is 0 Å². The van der Waals surface area contributed by atoms with Crippen LogP contribution in [0.5, 0.6) is 0 Å². The Kier molecular flexibility index (Phi) is 13.5. The zero-order valence-electron chi connectivity index (χ0n) is 12.9. The van der Waals surface area contributed by atoms with Crippen LogP contribution < -0.4 is 0 Å². The molecule has 0 aromatic rings. The van der Waals surface area contributed by atoms with E-state index in [1.807, 2.05) is 0 Å². The number of aliphatic hydroxyl groups excluding tert-OH is 1. The maximum absolute atomic E-state index is 9.54. The van der Waals surface area contributed by atoms with E-state index in [4.69, 9.17) is 28.4 Å². The van der Waals surface area contributed by atoms with Gasteiger partial charge in [-0.3, -0.25) is 0 Å². The van der Waals surface area contributed by atoms with E-state index in [-0.39, 0.29) is 25.4 Å². The van der Waals surface area contributed by atoms with Crippen molar-refractivity contribution in [1.29, 1.82) is 0 Å². The number of methoxy groups -OCH3 is 4. The summed E-state index contributed by atoms with van der Waals surface area (Å²) in [6.45, 7) is 2.01. The number of hydrogen-bond donors (Lipinski definition) is 1. The van der Waals surface area contributed by atoms with Crippen molar-refractivity contribution in [2.45, 2.75) is 18.3 Å². The molecule has 1 N–H and O–H groups in total. The fraction of sp³-hybridized carbons (Fsp3) is 1.00. The third-order valence-corrected chi connectivity index (χ3v) is 2.46. The molecule has 0 aromatic carbocycles. The van der Waals surface area contributed by atoms with Gasteiger partial charge < -0.3 is 33.5 Å². The molecule has 7 heteroatoms. The molecule has 0 aliphatic heterocycles. The molecule has 0 fully saturated rings. The summed E-state index contributed by atoms with van der Waals surface area (Å²) in [5.41, 5.74) is 0. The third kappa shape index (κ3) is 10.5. The summed E-state index contributed by atoms with van der Waals surface area (Å²) in [6, 6.07) is 0. The van der Waals surface area contributed by atoms with Crippen molar-refractivity contribution in [2.75, 3.05) is 68.1 Å². The van der Waals surface area contributed by atoms with Crippen molar-refractivity contribution in [2.24, 2.45) is 0 Å². The highest BCUT2D eigenvalue weighted by Gasteiger charge is 2.16. The second kappa shape index (κ2) is 13.7. The van der Waals surface area contributed by atoms with Crippen LogP contribution in [-0.4, -0.2) is 91.5 Å². The Morgan fingerprint density at radius 3 is 1.45 bits per heavy atom. The summed E-state index contributed by atoms with van der Waals surface area (Å²) < 4.78 is 31.2. The minimum Gasteiger partial charge on any atom is -0.388 e. The second-order valence-corrected chi connectivity index (χ2v) is 4.39.